The highest BCUT2D eigenvalue weighted by Gasteiger charge is 2.17. The number of nitrogens with one attached hydrogen (secondary N) is 3. The van der Waals surface area contributed by atoms with Gasteiger partial charge in [-0.25, -0.2) is 14.4 Å². The van der Waals surface area contributed by atoms with E-state index in [0.717, 1.165) is 5.39 Å². The standard InChI is InChI=1S/C20H14FN7O/c21-13-7-5-12(6-8-13)17-26-18-14-3-1-2-4-15(14)24-20(28(18)27-17)25-16-11-22-9-10-23-19(16)29/h1-11,22H,(H,23,29)(H,24,25). The molecule has 0 spiro atoms. The molecular formula is C20H14FN7O. The van der Waals surface area contributed by atoms with Crippen LogP contribution < -0.4 is 16.0 Å². The number of hydrogen-bond acceptors (Lipinski definition) is 6. The van der Waals surface area contributed by atoms with Crippen molar-refractivity contribution in [1.29, 1.82) is 0 Å². The number of anilines is 1. The fourth-order valence-corrected chi connectivity index (χ4v) is 3.01. The van der Waals surface area contributed by atoms with Crippen LogP contribution in [-0.4, -0.2) is 25.5 Å². The number of halogens is 1. The van der Waals surface area contributed by atoms with Crippen molar-refractivity contribution in [2.75, 3.05) is 5.32 Å². The number of benzene rings is 2. The number of fused-ring (bicyclic) bond motifs is 3. The molecule has 0 atom stereocenters. The average molecular weight is 387 g/mol. The van der Waals surface area contributed by atoms with Gasteiger partial charge in [0.1, 0.15) is 11.5 Å². The SMILES string of the molecule is O=C1NC=CNC=C1Nc1nc2ccccc2c2nc(-c3ccc(F)cc3)nn12. The van der Waals surface area contributed by atoms with Gasteiger partial charge < -0.3 is 16.0 Å². The second-order valence-electron chi connectivity index (χ2n) is 6.29. The van der Waals surface area contributed by atoms with Crippen LogP contribution in [0.4, 0.5) is 10.3 Å². The third-order valence-corrected chi connectivity index (χ3v) is 4.39. The number of aromatic nitrogens is 4. The minimum atomic E-state index is -0.334. The van der Waals surface area contributed by atoms with E-state index in [0.29, 0.717) is 28.5 Å². The van der Waals surface area contributed by atoms with E-state index >= 15 is 0 Å². The van der Waals surface area contributed by atoms with E-state index in [4.69, 9.17) is 0 Å². The molecule has 2 aromatic heterocycles. The zero-order valence-corrected chi connectivity index (χ0v) is 14.9. The molecule has 5 rings (SSSR count). The van der Waals surface area contributed by atoms with Gasteiger partial charge >= 0.3 is 0 Å². The van der Waals surface area contributed by atoms with Crippen molar-refractivity contribution in [2.45, 2.75) is 0 Å². The molecule has 0 radical (unpaired) electrons. The number of nitrogens with zero attached hydrogens (tertiary/aromatic N) is 4. The zero-order chi connectivity index (χ0) is 19.8. The van der Waals surface area contributed by atoms with E-state index in [-0.39, 0.29) is 17.4 Å². The lowest BCUT2D eigenvalue weighted by molar-refractivity contribution is -0.116. The van der Waals surface area contributed by atoms with E-state index in [1.807, 2.05) is 24.3 Å². The van der Waals surface area contributed by atoms with Gasteiger partial charge in [0, 0.05) is 29.5 Å². The van der Waals surface area contributed by atoms with Crippen LogP contribution in [0.2, 0.25) is 0 Å². The van der Waals surface area contributed by atoms with Crippen molar-refractivity contribution in [2.24, 2.45) is 0 Å². The van der Waals surface area contributed by atoms with Crippen LogP contribution in [0, 0.1) is 5.82 Å². The summed E-state index contributed by atoms with van der Waals surface area (Å²) >= 11 is 0. The molecule has 4 aromatic rings. The second-order valence-corrected chi connectivity index (χ2v) is 6.29. The first-order chi connectivity index (χ1) is 14.2. The molecule has 3 heterocycles. The molecule has 2 aromatic carbocycles. The van der Waals surface area contributed by atoms with E-state index in [9.17, 15) is 9.18 Å². The quantitative estimate of drug-likeness (QED) is 0.500. The lowest BCUT2D eigenvalue weighted by Crippen LogP contribution is -2.24. The smallest absolute Gasteiger partial charge is 0.273 e. The van der Waals surface area contributed by atoms with Crippen LogP contribution in [0.1, 0.15) is 0 Å². The van der Waals surface area contributed by atoms with Gasteiger partial charge in [-0.3, -0.25) is 4.79 Å². The highest BCUT2D eigenvalue weighted by atomic mass is 19.1. The summed E-state index contributed by atoms with van der Waals surface area (Å²) in [4.78, 5) is 21.5. The molecule has 0 saturated carbocycles. The van der Waals surface area contributed by atoms with Gasteiger partial charge in [0.25, 0.3) is 5.91 Å². The predicted molar refractivity (Wildman–Crippen MR) is 106 cm³/mol. The van der Waals surface area contributed by atoms with E-state index in [1.54, 1.807) is 18.3 Å². The molecule has 0 unspecified atom stereocenters. The predicted octanol–water partition coefficient (Wildman–Crippen LogP) is 2.53. The van der Waals surface area contributed by atoms with Crippen molar-refractivity contribution in [3.63, 3.8) is 0 Å². The van der Waals surface area contributed by atoms with Gasteiger partial charge in [0.05, 0.1) is 5.52 Å². The van der Waals surface area contributed by atoms with Gasteiger partial charge in [-0.1, -0.05) is 12.1 Å². The maximum Gasteiger partial charge on any atom is 0.273 e. The second kappa shape index (κ2) is 6.71. The maximum atomic E-state index is 13.3. The van der Waals surface area contributed by atoms with Crippen LogP contribution in [0.5, 0.6) is 0 Å². The highest BCUT2D eigenvalue weighted by molar-refractivity contribution is 5.98. The van der Waals surface area contributed by atoms with Crippen molar-refractivity contribution < 1.29 is 9.18 Å². The molecule has 142 valence electrons. The zero-order valence-electron chi connectivity index (χ0n) is 14.9. The molecule has 0 saturated heterocycles. The normalized spacial score (nSPS) is 13.7. The number of carbonyl (C=O) groups excluding carboxylic acids is 1. The number of amides is 1. The first-order valence-electron chi connectivity index (χ1n) is 8.80. The summed E-state index contributed by atoms with van der Waals surface area (Å²) in [7, 11) is 0. The Bertz CT molecular complexity index is 1310. The van der Waals surface area contributed by atoms with Gasteiger partial charge in [0.2, 0.25) is 5.95 Å². The van der Waals surface area contributed by atoms with E-state index in [2.05, 4.69) is 31.0 Å². The Morgan fingerprint density at radius 3 is 2.69 bits per heavy atom. The third kappa shape index (κ3) is 3.04. The molecular weight excluding hydrogens is 373 g/mol. The Morgan fingerprint density at radius 2 is 1.83 bits per heavy atom. The largest absolute Gasteiger partial charge is 0.364 e. The van der Waals surface area contributed by atoms with Crippen LogP contribution in [0.15, 0.2) is 72.8 Å². The molecule has 9 heteroatoms. The molecule has 3 N–H and O–H groups in total. The first kappa shape index (κ1) is 16.9. The van der Waals surface area contributed by atoms with Crippen LogP contribution in [0.25, 0.3) is 27.9 Å². The fourth-order valence-electron chi connectivity index (χ4n) is 3.01. The van der Waals surface area contributed by atoms with Crippen LogP contribution >= 0.6 is 0 Å². The van der Waals surface area contributed by atoms with Crippen molar-refractivity contribution in [1.82, 2.24) is 30.2 Å². The lowest BCUT2D eigenvalue weighted by atomic mass is 10.2. The Hall–Kier alpha value is -4.27. The molecule has 1 aliphatic heterocycles. The monoisotopic (exact) mass is 387 g/mol. The summed E-state index contributed by atoms with van der Waals surface area (Å²) in [5.41, 5.74) is 2.19. The lowest BCUT2D eigenvalue weighted by Gasteiger charge is -2.10. The Kier molecular flexibility index (Phi) is 3.91. The summed E-state index contributed by atoms with van der Waals surface area (Å²) in [6, 6.07) is 13.5. The number of rotatable bonds is 3. The molecule has 0 bridgehead atoms. The minimum absolute atomic E-state index is 0.262. The molecule has 0 fully saturated rings. The number of carbonyl (C=O) groups is 1. The number of hydrogen-bond donors (Lipinski definition) is 3. The highest BCUT2D eigenvalue weighted by Crippen LogP contribution is 2.24. The van der Waals surface area contributed by atoms with Gasteiger partial charge in [-0.2, -0.15) is 4.52 Å². The third-order valence-electron chi connectivity index (χ3n) is 4.39. The molecule has 1 aliphatic rings. The van der Waals surface area contributed by atoms with E-state index in [1.165, 1.54) is 29.0 Å². The topological polar surface area (TPSA) is 96.2 Å². The summed E-state index contributed by atoms with van der Waals surface area (Å²) < 4.78 is 14.8. The Labute approximate surface area is 163 Å². The Balaban J connectivity index is 1.68. The molecule has 0 aliphatic carbocycles. The van der Waals surface area contributed by atoms with Crippen LogP contribution in [-0.2, 0) is 4.79 Å². The summed E-state index contributed by atoms with van der Waals surface area (Å²) in [6.45, 7) is 0. The molecule has 1 amide bonds. The van der Waals surface area contributed by atoms with Crippen molar-refractivity contribution >= 4 is 28.4 Å². The van der Waals surface area contributed by atoms with Crippen molar-refractivity contribution in [3.8, 4) is 11.4 Å². The van der Waals surface area contributed by atoms with Gasteiger partial charge in [0.15, 0.2) is 11.5 Å². The van der Waals surface area contributed by atoms with Crippen LogP contribution in [0.3, 0.4) is 0 Å². The molecule has 29 heavy (non-hydrogen) atoms. The fraction of sp³-hybridized carbons (Fsp3) is 0. The summed E-state index contributed by atoms with van der Waals surface area (Å²) in [5, 5.41) is 13.8. The molecule has 8 nitrogen and oxygen atoms in total. The average Bonchev–Trinajstić information content (AvgIpc) is 3.09. The van der Waals surface area contributed by atoms with Gasteiger partial charge in [-0.15, -0.1) is 5.10 Å². The van der Waals surface area contributed by atoms with E-state index < -0.39 is 0 Å². The number of para-hydroxylation sites is 1. The maximum absolute atomic E-state index is 13.3. The first-order valence-corrected chi connectivity index (χ1v) is 8.80. The Morgan fingerprint density at radius 1 is 1.00 bits per heavy atom. The summed E-state index contributed by atoms with van der Waals surface area (Å²) in [5.74, 6) is 0.0857. The van der Waals surface area contributed by atoms with Gasteiger partial charge in [-0.05, 0) is 36.4 Å². The van der Waals surface area contributed by atoms with Crippen molar-refractivity contribution in [3.05, 3.63) is 78.6 Å². The minimum Gasteiger partial charge on any atom is -0.364 e. The summed E-state index contributed by atoms with van der Waals surface area (Å²) in [6.07, 6.45) is 4.62.